The molecule has 1 heterocycles. The molecule has 0 aliphatic heterocycles. The number of rotatable bonds is 8. The standard InChI is InChI=1S/C16H26N2O2/c1-4-7-17(8-9-19)11-16(20)15-10-12(2)18(13(15)3)14-5-6-14/h10,14,19H,4-9,11H2,1-3H3. The molecule has 0 bridgehead atoms. The summed E-state index contributed by atoms with van der Waals surface area (Å²) >= 11 is 0. The fourth-order valence-corrected chi connectivity index (χ4v) is 2.97. The molecule has 1 aliphatic rings. The van der Waals surface area contributed by atoms with E-state index in [4.69, 9.17) is 5.11 Å². The minimum Gasteiger partial charge on any atom is -0.395 e. The van der Waals surface area contributed by atoms with Gasteiger partial charge in [0.2, 0.25) is 0 Å². The third-order valence-electron chi connectivity index (χ3n) is 4.02. The second-order valence-corrected chi connectivity index (χ2v) is 5.81. The summed E-state index contributed by atoms with van der Waals surface area (Å²) in [6.45, 7) is 8.16. The second kappa shape index (κ2) is 6.55. The summed E-state index contributed by atoms with van der Waals surface area (Å²) in [6, 6.07) is 2.64. The van der Waals surface area contributed by atoms with Crippen LogP contribution in [-0.4, -0.2) is 46.6 Å². The number of aromatic nitrogens is 1. The molecule has 2 rings (SSSR count). The molecule has 1 aromatic heterocycles. The first-order valence-corrected chi connectivity index (χ1v) is 7.63. The summed E-state index contributed by atoms with van der Waals surface area (Å²) in [5.74, 6) is 0.173. The van der Waals surface area contributed by atoms with Crippen LogP contribution in [0.4, 0.5) is 0 Å². The summed E-state index contributed by atoms with van der Waals surface area (Å²) in [5, 5.41) is 9.07. The fourth-order valence-electron chi connectivity index (χ4n) is 2.97. The molecule has 0 amide bonds. The van der Waals surface area contributed by atoms with E-state index in [2.05, 4.69) is 25.3 Å². The average molecular weight is 278 g/mol. The first kappa shape index (κ1) is 15.3. The number of carbonyl (C=O) groups is 1. The van der Waals surface area contributed by atoms with Crippen molar-refractivity contribution in [3.63, 3.8) is 0 Å². The Morgan fingerprint density at radius 3 is 2.65 bits per heavy atom. The Bertz CT molecular complexity index is 469. The van der Waals surface area contributed by atoms with Gasteiger partial charge in [0.05, 0.1) is 13.2 Å². The van der Waals surface area contributed by atoms with E-state index in [1.807, 2.05) is 11.0 Å². The predicted molar refractivity (Wildman–Crippen MR) is 80.3 cm³/mol. The summed E-state index contributed by atoms with van der Waals surface area (Å²) in [4.78, 5) is 14.5. The van der Waals surface area contributed by atoms with Crippen molar-refractivity contribution in [1.82, 2.24) is 9.47 Å². The molecule has 1 N–H and O–H groups in total. The summed E-state index contributed by atoms with van der Waals surface area (Å²) < 4.78 is 2.31. The molecule has 0 unspecified atom stereocenters. The number of aliphatic hydroxyl groups excluding tert-OH is 1. The van der Waals surface area contributed by atoms with Crippen molar-refractivity contribution in [3.8, 4) is 0 Å². The van der Waals surface area contributed by atoms with Gasteiger partial charge in [0.25, 0.3) is 0 Å². The Morgan fingerprint density at radius 2 is 2.10 bits per heavy atom. The zero-order valence-corrected chi connectivity index (χ0v) is 12.9. The highest BCUT2D eigenvalue weighted by atomic mass is 16.3. The number of aryl methyl sites for hydroxylation is 1. The molecule has 112 valence electrons. The van der Waals surface area contributed by atoms with Gasteiger partial charge >= 0.3 is 0 Å². The first-order chi connectivity index (χ1) is 9.58. The zero-order valence-electron chi connectivity index (χ0n) is 12.9. The largest absolute Gasteiger partial charge is 0.395 e. The van der Waals surface area contributed by atoms with E-state index in [9.17, 15) is 4.79 Å². The quantitative estimate of drug-likeness (QED) is 0.742. The van der Waals surface area contributed by atoms with Gasteiger partial charge < -0.3 is 9.67 Å². The van der Waals surface area contributed by atoms with Gasteiger partial charge in [-0.05, 0) is 45.7 Å². The molecule has 1 fully saturated rings. The van der Waals surface area contributed by atoms with Crippen LogP contribution in [0.1, 0.15) is 54.0 Å². The molecule has 0 spiro atoms. The SMILES string of the molecule is CCCN(CCO)CC(=O)c1cc(C)n(C2CC2)c1C. The summed E-state index contributed by atoms with van der Waals surface area (Å²) in [7, 11) is 0. The third-order valence-corrected chi connectivity index (χ3v) is 4.02. The molecule has 20 heavy (non-hydrogen) atoms. The maximum absolute atomic E-state index is 12.5. The van der Waals surface area contributed by atoms with Gasteiger partial charge in [-0.15, -0.1) is 0 Å². The van der Waals surface area contributed by atoms with E-state index in [1.54, 1.807) is 0 Å². The van der Waals surface area contributed by atoms with Gasteiger partial charge in [0, 0.05) is 29.5 Å². The van der Waals surface area contributed by atoms with E-state index in [-0.39, 0.29) is 12.4 Å². The number of nitrogens with zero attached hydrogens (tertiary/aromatic N) is 2. The summed E-state index contributed by atoms with van der Waals surface area (Å²) in [6.07, 6.45) is 3.46. The number of aliphatic hydroxyl groups is 1. The van der Waals surface area contributed by atoms with Crippen molar-refractivity contribution >= 4 is 5.78 Å². The number of Topliss-reactive ketones (excluding diaryl/α,β-unsaturated/α-hetero) is 1. The van der Waals surface area contributed by atoms with E-state index < -0.39 is 0 Å². The van der Waals surface area contributed by atoms with E-state index in [1.165, 1.54) is 18.5 Å². The van der Waals surface area contributed by atoms with Crippen LogP contribution >= 0.6 is 0 Å². The minimum absolute atomic E-state index is 0.106. The lowest BCUT2D eigenvalue weighted by Crippen LogP contribution is -2.33. The second-order valence-electron chi connectivity index (χ2n) is 5.81. The summed E-state index contributed by atoms with van der Waals surface area (Å²) in [5.41, 5.74) is 3.15. The Morgan fingerprint density at radius 1 is 1.40 bits per heavy atom. The van der Waals surface area contributed by atoms with Crippen LogP contribution in [-0.2, 0) is 0 Å². The Labute approximate surface area is 121 Å². The van der Waals surface area contributed by atoms with E-state index >= 15 is 0 Å². The van der Waals surface area contributed by atoms with Gasteiger partial charge in [-0.3, -0.25) is 9.69 Å². The molecular formula is C16H26N2O2. The average Bonchev–Trinajstić information content (AvgIpc) is 3.16. The number of hydrogen-bond acceptors (Lipinski definition) is 3. The van der Waals surface area contributed by atoms with Gasteiger partial charge in [0.1, 0.15) is 0 Å². The van der Waals surface area contributed by atoms with Crippen LogP contribution in [0, 0.1) is 13.8 Å². The molecule has 1 aromatic rings. The van der Waals surface area contributed by atoms with Crippen LogP contribution in [0.15, 0.2) is 6.07 Å². The van der Waals surface area contributed by atoms with Crippen molar-refractivity contribution < 1.29 is 9.90 Å². The lowest BCUT2D eigenvalue weighted by molar-refractivity contribution is 0.0914. The van der Waals surface area contributed by atoms with Crippen LogP contribution in [0.3, 0.4) is 0 Å². The van der Waals surface area contributed by atoms with E-state index in [0.717, 1.165) is 24.2 Å². The van der Waals surface area contributed by atoms with Crippen molar-refractivity contribution in [3.05, 3.63) is 23.0 Å². The molecule has 4 nitrogen and oxygen atoms in total. The van der Waals surface area contributed by atoms with Crippen LogP contribution in [0.2, 0.25) is 0 Å². The Balaban J connectivity index is 2.10. The van der Waals surface area contributed by atoms with Gasteiger partial charge in [-0.1, -0.05) is 6.92 Å². The van der Waals surface area contributed by atoms with Crippen LogP contribution in [0.5, 0.6) is 0 Å². The molecule has 0 saturated heterocycles. The molecule has 1 aliphatic carbocycles. The predicted octanol–water partition coefficient (Wildman–Crippen LogP) is 2.33. The van der Waals surface area contributed by atoms with E-state index in [0.29, 0.717) is 19.1 Å². The fraction of sp³-hybridized carbons (Fsp3) is 0.688. The lowest BCUT2D eigenvalue weighted by atomic mass is 10.1. The Hall–Kier alpha value is -1.13. The third kappa shape index (κ3) is 3.30. The Kier molecular flexibility index (Phi) is 5.00. The minimum atomic E-state index is 0.106. The number of ketones is 1. The maximum Gasteiger partial charge on any atom is 0.178 e. The molecule has 0 aromatic carbocycles. The maximum atomic E-state index is 12.5. The topological polar surface area (TPSA) is 45.5 Å². The molecule has 0 atom stereocenters. The van der Waals surface area contributed by atoms with Crippen molar-refractivity contribution in [2.75, 3.05) is 26.2 Å². The van der Waals surface area contributed by atoms with Gasteiger partial charge in [0.15, 0.2) is 5.78 Å². The number of carbonyl (C=O) groups excluding carboxylic acids is 1. The van der Waals surface area contributed by atoms with Crippen molar-refractivity contribution in [2.45, 2.75) is 46.1 Å². The monoisotopic (exact) mass is 278 g/mol. The lowest BCUT2D eigenvalue weighted by Gasteiger charge is -2.19. The van der Waals surface area contributed by atoms with Crippen LogP contribution < -0.4 is 0 Å². The molecular weight excluding hydrogens is 252 g/mol. The van der Waals surface area contributed by atoms with Gasteiger partial charge in [-0.2, -0.15) is 0 Å². The van der Waals surface area contributed by atoms with Gasteiger partial charge in [-0.25, -0.2) is 0 Å². The molecule has 1 saturated carbocycles. The molecule has 4 heteroatoms. The normalized spacial score (nSPS) is 15.1. The highest BCUT2D eigenvalue weighted by Crippen LogP contribution is 2.38. The molecule has 0 radical (unpaired) electrons. The number of hydrogen-bond donors (Lipinski definition) is 1. The zero-order chi connectivity index (χ0) is 14.7. The van der Waals surface area contributed by atoms with Crippen LogP contribution in [0.25, 0.3) is 0 Å². The van der Waals surface area contributed by atoms with Crippen molar-refractivity contribution in [2.24, 2.45) is 0 Å². The highest BCUT2D eigenvalue weighted by Gasteiger charge is 2.28. The van der Waals surface area contributed by atoms with Crippen molar-refractivity contribution in [1.29, 1.82) is 0 Å². The first-order valence-electron chi connectivity index (χ1n) is 7.63. The smallest absolute Gasteiger partial charge is 0.178 e. The highest BCUT2D eigenvalue weighted by molar-refractivity contribution is 5.99.